The minimum absolute atomic E-state index is 0.0885. The van der Waals surface area contributed by atoms with Crippen LogP contribution in [0, 0.1) is 11.8 Å². The molecule has 6 heteroatoms. The summed E-state index contributed by atoms with van der Waals surface area (Å²) in [6.07, 6.45) is 0.934. The minimum atomic E-state index is -0.432. The molecule has 1 heterocycles. The molecule has 110 valence electrons. The van der Waals surface area contributed by atoms with Gasteiger partial charge in [-0.15, -0.1) is 0 Å². The second-order valence-corrected chi connectivity index (χ2v) is 4.86. The number of para-hydroxylation sites is 1. The van der Waals surface area contributed by atoms with E-state index in [1.165, 1.54) is 0 Å². The SMILES string of the molecule is O=C1CCC(C(=O)NCC#CCOc2ccccc2Cl)N1. The fraction of sp³-hybridized carbons (Fsp3) is 0.333. The molecule has 0 saturated carbocycles. The van der Waals surface area contributed by atoms with Gasteiger partial charge in [0.2, 0.25) is 11.8 Å². The molecule has 1 atom stereocenters. The quantitative estimate of drug-likeness (QED) is 0.819. The van der Waals surface area contributed by atoms with Gasteiger partial charge in [-0.3, -0.25) is 9.59 Å². The molecule has 0 radical (unpaired) electrons. The van der Waals surface area contributed by atoms with Gasteiger partial charge in [0.05, 0.1) is 11.6 Å². The summed E-state index contributed by atoms with van der Waals surface area (Å²) in [7, 11) is 0. The summed E-state index contributed by atoms with van der Waals surface area (Å²) in [5.41, 5.74) is 0. The smallest absolute Gasteiger partial charge is 0.243 e. The predicted molar refractivity (Wildman–Crippen MR) is 78.9 cm³/mol. The van der Waals surface area contributed by atoms with Crippen LogP contribution in [0.15, 0.2) is 24.3 Å². The summed E-state index contributed by atoms with van der Waals surface area (Å²) >= 11 is 5.93. The number of carbonyl (C=O) groups is 2. The second kappa shape index (κ2) is 7.55. The molecule has 0 aromatic heterocycles. The predicted octanol–water partition coefficient (Wildman–Crippen LogP) is 1.12. The molecule has 1 unspecified atom stereocenters. The van der Waals surface area contributed by atoms with E-state index in [1.54, 1.807) is 12.1 Å². The molecule has 2 rings (SSSR count). The molecule has 1 aliphatic rings. The molecule has 1 fully saturated rings. The molecule has 1 aromatic rings. The normalized spacial score (nSPS) is 16.6. The number of rotatable bonds is 4. The Labute approximate surface area is 128 Å². The van der Waals surface area contributed by atoms with Crippen LogP contribution < -0.4 is 15.4 Å². The van der Waals surface area contributed by atoms with E-state index in [0.29, 0.717) is 23.6 Å². The lowest BCUT2D eigenvalue weighted by atomic mass is 10.2. The van der Waals surface area contributed by atoms with Gasteiger partial charge in [0, 0.05) is 6.42 Å². The Morgan fingerprint density at radius 3 is 2.95 bits per heavy atom. The molecule has 0 spiro atoms. The van der Waals surface area contributed by atoms with E-state index in [4.69, 9.17) is 16.3 Å². The summed E-state index contributed by atoms with van der Waals surface area (Å²) in [4.78, 5) is 22.6. The minimum Gasteiger partial charge on any atom is -0.479 e. The van der Waals surface area contributed by atoms with Gasteiger partial charge < -0.3 is 15.4 Å². The van der Waals surface area contributed by atoms with Crippen LogP contribution >= 0.6 is 11.6 Å². The maximum Gasteiger partial charge on any atom is 0.243 e. The molecule has 1 saturated heterocycles. The fourth-order valence-corrected chi connectivity index (χ4v) is 2.04. The maximum absolute atomic E-state index is 11.6. The standard InChI is InChI=1S/C15H15ClN2O3/c16-11-5-1-2-6-13(11)21-10-4-3-9-17-15(20)12-7-8-14(19)18-12/h1-2,5-6,12H,7-10H2,(H,17,20)(H,18,19). The van der Waals surface area contributed by atoms with Gasteiger partial charge in [0.25, 0.3) is 0 Å². The summed E-state index contributed by atoms with van der Waals surface area (Å²) in [6, 6.07) is 6.71. The molecule has 1 aromatic carbocycles. The lowest BCUT2D eigenvalue weighted by Gasteiger charge is -2.08. The number of benzene rings is 1. The van der Waals surface area contributed by atoms with Crippen LogP contribution in [0.1, 0.15) is 12.8 Å². The third kappa shape index (κ3) is 4.69. The van der Waals surface area contributed by atoms with E-state index in [0.717, 1.165) is 0 Å². The molecule has 21 heavy (non-hydrogen) atoms. The fourth-order valence-electron chi connectivity index (χ4n) is 1.85. The van der Waals surface area contributed by atoms with Crippen molar-refractivity contribution in [1.29, 1.82) is 0 Å². The maximum atomic E-state index is 11.6. The van der Waals surface area contributed by atoms with Gasteiger partial charge in [-0.2, -0.15) is 0 Å². The van der Waals surface area contributed by atoms with E-state index < -0.39 is 6.04 Å². The number of amides is 2. The largest absolute Gasteiger partial charge is 0.479 e. The van der Waals surface area contributed by atoms with Gasteiger partial charge >= 0.3 is 0 Å². The summed E-state index contributed by atoms with van der Waals surface area (Å²) in [6.45, 7) is 0.414. The van der Waals surface area contributed by atoms with Gasteiger partial charge in [0.15, 0.2) is 0 Å². The van der Waals surface area contributed by atoms with E-state index in [1.807, 2.05) is 12.1 Å². The third-order valence-electron chi connectivity index (χ3n) is 2.92. The third-order valence-corrected chi connectivity index (χ3v) is 3.24. The van der Waals surface area contributed by atoms with Crippen molar-refractivity contribution in [3.8, 4) is 17.6 Å². The van der Waals surface area contributed by atoms with Gasteiger partial charge in [0.1, 0.15) is 18.4 Å². The zero-order valence-electron chi connectivity index (χ0n) is 11.3. The average Bonchev–Trinajstić information content (AvgIpc) is 2.91. The van der Waals surface area contributed by atoms with Crippen molar-refractivity contribution in [3.63, 3.8) is 0 Å². The highest BCUT2D eigenvalue weighted by Crippen LogP contribution is 2.22. The number of ether oxygens (including phenoxy) is 1. The van der Waals surface area contributed by atoms with Crippen LogP contribution in [0.2, 0.25) is 5.02 Å². The molecule has 1 aliphatic heterocycles. The van der Waals surface area contributed by atoms with Crippen LogP contribution in [-0.4, -0.2) is 31.0 Å². The van der Waals surface area contributed by atoms with Crippen molar-refractivity contribution in [2.45, 2.75) is 18.9 Å². The van der Waals surface area contributed by atoms with Crippen LogP contribution in [0.25, 0.3) is 0 Å². The van der Waals surface area contributed by atoms with Gasteiger partial charge in [-0.1, -0.05) is 35.6 Å². The lowest BCUT2D eigenvalue weighted by molar-refractivity contribution is -0.125. The average molecular weight is 307 g/mol. The summed E-state index contributed by atoms with van der Waals surface area (Å²) in [5.74, 6) is 5.84. The second-order valence-electron chi connectivity index (χ2n) is 4.45. The number of halogens is 1. The van der Waals surface area contributed by atoms with Crippen LogP contribution in [0.5, 0.6) is 5.75 Å². The Morgan fingerprint density at radius 2 is 2.24 bits per heavy atom. The van der Waals surface area contributed by atoms with Gasteiger partial charge in [-0.25, -0.2) is 0 Å². The number of hydrogen-bond donors (Lipinski definition) is 2. The van der Waals surface area contributed by atoms with E-state index >= 15 is 0 Å². The molecule has 5 nitrogen and oxygen atoms in total. The Kier molecular flexibility index (Phi) is 5.47. The van der Waals surface area contributed by atoms with Crippen molar-refractivity contribution in [3.05, 3.63) is 29.3 Å². The lowest BCUT2D eigenvalue weighted by Crippen LogP contribution is -2.41. The van der Waals surface area contributed by atoms with E-state index in [-0.39, 0.29) is 25.0 Å². The topological polar surface area (TPSA) is 67.4 Å². The van der Waals surface area contributed by atoms with Crippen LogP contribution in [0.4, 0.5) is 0 Å². The Balaban J connectivity index is 1.66. The Morgan fingerprint density at radius 1 is 1.43 bits per heavy atom. The molecule has 0 bridgehead atoms. The van der Waals surface area contributed by atoms with E-state index in [2.05, 4.69) is 22.5 Å². The highest BCUT2D eigenvalue weighted by molar-refractivity contribution is 6.32. The van der Waals surface area contributed by atoms with Crippen molar-refractivity contribution < 1.29 is 14.3 Å². The zero-order valence-corrected chi connectivity index (χ0v) is 12.1. The summed E-state index contributed by atoms with van der Waals surface area (Å²) < 4.78 is 5.38. The number of hydrogen-bond acceptors (Lipinski definition) is 3. The van der Waals surface area contributed by atoms with Crippen LogP contribution in [0.3, 0.4) is 0 Å². The van der Waals surface area contributed by atoms with E-state index in [9.17, 15) is 9.59 Å². The van der Waals surface area contributed by atoms with Gasteiger partial charge in [-0.05, 0) is 18.6 Å². The van der Waals surface area contributed by atoms with Crippen molar-refractivity contribution in [2.75, 3.05) is 13.2 Å². The first-order valence-corrected chi connectivity index (χ1v) is 6.95. The molecule has 2 amide bonds. The summed E-state index contributed by atoms with van der Waals surface area (Å²) in [5, 5.41) is 5.77. The van der Waals surface area contributed by atoms with Crippen molar-refractivity contribution in [2.24, 2.45) is 0 Å². The Bertz CT molecular complexity index is 592. The monoisotopic (exact) mass is 306 g/mol. The zero-order chi connectivity index (χ0) is 15.1. The molecule has 2 N–H and O–H groups in total. The Hall–Kier alpha value is -2.19. The molecule has 0 aliphatic carbocycles. The highest BCUT2D eigenvalue weighted by Gasteiger charge is 2.26. The number of nitrogens with one attached hydrogen (secondary N) is 2. The number of carbonyl (C=O) groups excluding carboxylic acids is 2. The van der Waals surface area contributed by atoms with Crippen LogP contribution in [-0.2, 0) is 9.59 Å². The molecular formula is C15H15ClN2O3. The first kappa shape index (κ1) is 15.2. The van der Waals surface area contributed by atoms with Crippen molar-refractivity contribution in [1.82, 2.24) is 10.6 Å². The molecular weight excluding hydrogens is 292 g/mol. The first-order chi connectivity index (χ1) is 10.2. The highest BCUT2D eigenvalue weighted by atomic mass is 35.5. The first-order valence-electron chi connectivity index (χ1n) is 6.57. The van der Waals surface area contributed by atoms with Crippen molar-refractivity contribution >= 4 is 23.4 Å².